The van der Waals surface area contributed by atoms with Gasteiger partial charge in [-0.15, -0.1) is 0 Å². The number of aliphatic hydroxyl groups excluding tert-OH is 1. The number of nitrogens with one attached hydrogen (secondary N) is 1. The molecule has 9 heteroatoms. The van der Waals surface area contributed by atoms with Crippen molar-refractivity contribution in [3.8, 4) is 0 Å². The van der Waals surface area contributed by atoms with E-state index in [4.69, 9.17) is 9.05 Å². The number of rotatable bonds is 33. The van der Waals surface area contributed by atoms with Crippen LogP contribution in [0, 0.1) is 0 Å². The number of aliphatic hydroxyl groups is 1. The molecule has 0 spiro atoms. The van der Waals surface area contributed by atoms with Gasteiger partial charge in [-0.05, 0) is 51.4 Å². The molecule has 0 radical (unpaired) electrons. The molecule has 0 fully saturated rings. The molecule has 0 rings (SSSR count). The maximum Gasteiger partial charge on any atom is 0.268 e. The number of hydrogen-bond donors (Lipinski definition) is 2. The topological polar surface area (TPSA) is 108 Å². The predicted octanol–water partition coefficient (Wildman–Crippen LogP) is 8.94. The van der Waals surface area contributed by atoms with Crippen molar-refractivity contribution >= 4 is 13.7 Å². The van der Waals surface area contributed by atoms with Gasteiger partial charge in [0.15, 0.2) is 0 Å². The maximum atomic E-state index is 12.7. The number of amides is 1. The second-order valence-electron chi connectivity index (χ2n) is 13.9. The van der Waals surface area contributed by atoms with Crippen LogP contribution in [0.25, 0.3) is 0 Å². The molecule has 0 saturated carbocycles. The van der Waals surface area contributed by atoms with Crippen LogP contribution in [-0.2, 0) is 18.4 Å². The molecule has 47 heavy (non-hydrogen) atoms. The largest absolute Gasteiger partial charge is 0.756 e. The van der Waals surface area contributed by atoms with Crippen molar-refractivity contribution < 1.29 is 32.9 Å². The Balaban J connectivity index is 4.44. The molecular formula is C38H73N2O6P. The first-order valence-corrected chi connectivity index (χ1v) is 20.3. The number of allylic oxidation sites excluding steroid dienone is 5. The highest BCUT2D eigenvalue weighted by molar-refractivity contribution is 7.45. The number of carbonyl (C=O) groups is 1. The Kier molecular flexibility index (Phi) is 29.9. The van der Waals surface area contributed by atoms with E-state index in [9.17, 15) is 19.4 Å². The highest BCUT2D eigenvalue weighted by Gasteiger charge is 2.23. The lowest BCUT2D eigenvalue weighted by molar-refractivity contribution is -0.870. The number of carbonyl (C=O) groups excluding carboxylic acids is 1. The van der Waals surface area contributed by atoms with Crippen molar-refractivity contribution in [2.45, 2.75) is 161 Å². The molecule has 276 valence electrons. The minimum Gasteiger partial charge on any atom is -0.756 e. The molecule has 2 N–H and O–H groups in total. The minimum atomic E-state index is -4.58. The van der Waals surface area contributed by atoms with Gasteiger partial charge in [-0.1, -0.05) is 127 Å². The molecule has 0 aliphatic heterocycles. The zero-order valence-electron chi connectivity index (χ0n) is 31.0. The quantitative estimate of drug-likeness (QED) is 0.0309. The molecule has 0 heterocycles. The lowest BCUT2D eigenvalue weighted by Gasteiger charge is -2.29. The van der Waals surface area contributed by atoms with E-state index < -0.39 is 26.6 Å². The van der Waals surface area contributed by atoms with Crippen LogP contribution in [0.2, 0.25) is 0 Å². The van der Waals surface area contributed by atoms with E-state index in [1.165, 1.54) is 89.9 Å². The molecule has 3 unspecified atom stereocenters. The Hall–Kier alpha value is -1.28. The summed E-state index contributed by atoms with van der Waals surface area (Å²) in [5, 5.41) is 13.6. The third kappa shape index (κ3) is 33.0. The molecule has 0 aliphatic rings. The summed E-state index contributed by atoms with van der Waals surface area (Å²) in [6, 6.07) is -0.900. The predicted molar refractivity (Wildman–Crippen MR) is 196 cm³/mol. The standard InChI is InChI=1S/C38H73N2O6P/c1-6-8-10-12-14-16-17-18-19-20-21-22-23-24-26-28-30-32-38(42)39-36(35-46-47(43,44)45-34-33-40(3,4)5)37(41)31-29-27-25-15-13-11-9-7-2/h13,15,18-19,29,31,36-37,41H,6-12,14,16-17,20-28,30,32-35H2,1-5H3,(H-,39,42,43,44)/b15-13+,19-18-,31-29+. The van der Waals surface area contributed by atoms with Crippen molar-refractivity contribution in [2.24, 2.45) is 0 Å². The van der Waals surface area contributed by atoms with Gasteiger partial charge in [0.05, 0.1) is 39.9 Å². The van der Waals surface area contributed by atoms with E-state index in [2.05, 4.69) is 43.5 Å². The lowest BCUT2D eigenvalue weighted by atomic mass is 10.1. The lowest BCUT2D eigenvalue weighted by Crippen LogP contribution is -2.45. The maximum absolute atomic E-state index is 12.7. The smallest absolute Gasteiger partial charge is 0.268 e. The van der Waals surface area contributed by atoms with Crippen LogP contribution in [0.15, 0.2) is 36.5 Å². The number of unbranched alkanes of at least 4 members (excludes halogenated alkanes) is 16. The first kappa shape index (κ1) is 45.7. The molecule has 0 saturated heterocycles. The number of hydrogen-bond acceptors (Lipinski definition) is 6. The number of quaternary nitrogens is 1. The van der Waals surface area contributed by atoms with Crippen molar-refractivity contribution in [2.75, 3.05) is 40.9 Å². The van der Waals surface area contributed by atoms with Crippen molar-refractivity contribution in [1.82, 2.24) is 5.32 Å². The number of likely N-dealkylation sites (N-methyl/N-ethyl adjacent to an activating group) is 1. The van der Waals surface area contributed by atoms with E-state index >= 15 is 0 Å². The van der Waals surface area contributed by atoms with Gasteiger partial charge in [0.1, 0.15) is 13.2 Å². The van der Waals surface area contributed by atoms with Gasteiger partial charge >= 0.3 is 0 Å². The highest BCUT2D eigenvalue weighted by atomic mass is 31.2. The third-order valence-electron chi connectivity index (χ3n) is 8.07. The summed E-state index contributed by atoms with van der Waals surface area (Å²) in [6.45, 7) is 4.51. The molecule has 0 aromatic rings. The summed E-state index contributed by atoms with van der Waals surface area (Å²) in [5.41, 5.74) is 0. The summed E-state index contributed by atoms with van der Waals surface area (Å²) in [6.07, 6.45) is 34.9. The Bertz CT molecular complexity index is 871. The zero-order valence-corrected chi connectivity index (χ0v) is 31.9. The van der Waals surface area contributed by atoms with E-state index in [0.717, 1.165) is 38.5 Å². The Morgan fingerprint density at radius 2 is 1.21 bits per heavy atom. The van der Waals surface area contributed by atoms with Gasteiger partial charge in [0, 0.05) is 6.42 Å². The third-order valence-corrected chi connectivity index (χ3v) is 9.04. The molecule has 0 aliphatic carbocycles. The van der Waals surface area contributed by atoms with Crippen molar-refractivity contribution in [1.29, 1.82) is 0 Å². The average molecular weight is 685 g/mol. The van der Waals surface area contributed by atoms with Gasteiger partial charge in [-0.3, -0.25) is 9.36 Å². The van der Waals surface area contributed by atoms with Gasteiger partial charge in [-0.25, -0.2) is 0 Å². The Morgan fingerprint density at radius 3 is 1.79 bits per heavy atom. The summed E-state index contributed by atoms with van der Waals surface area (Å²) in [4.78, 5) is 25.1. The SMILES string of the molecule is CCCC/C=C/CC/C=C/C(O)C(COP(=O)([O-])OCC[N+](C)(C)C)NC(=O)CCCCCCCCC/C=C\CCCCCCCC. The molecule has 3 atom stereocenters. The molecule has 0 aromatic heterocycles. The second kappa shape index (κ2) is 30.8. The zero-order chi connectivity index (χ0) is 35.1. The minimum absolute atomic E-state index is 0.00804. The molecule has 0 bridgehead atoms. The van der Waals surface area contributed by atoms with Gasteiger partial charge in [0.25, 0.3) is 7.82 Å². The van der Waals surface area contributed by atoms with Gasteiger partial charge < -0.3 is 28.8 Å². The Labute approximate surface area is 289 Å². The van der Waals surface area contributed by atoms with E-state index in [0.29, 0.717) is 17.4 Å². The van der Waals surface area contributed by atoms with Crippen molar-refractivity contribution in [3.05, 3.63) is 36.5 Å². The Morgan fingerprint density at radius 1 is 0.723 bits per heavy atom. The van der Waals surface area contributed by atoms with E-state index in [-0.39, 0.29) is 12.5 Å². The second-order valence-corrected chi connectivity index (χ2v) is 15.3. The fraction of sp³-hybridized carbons (Fsp3) is 0.816. The van der Waals surface area contributed by atoms with Crippen LogP contribution in [0.3, 0.4) is 0 Å². The fourth-order valence-corrected chi connectivity index (χ4v) is 5.69. The fourth-order valence-electron chi connectivity index (χ4n) is 4.97. The van der Waals surface area contributed by atoms with Crippen LogP contribution in [0.1, 0.15) is 149 Å². The summed E-state index contributed by atoms with van der Waals surface area (Å²) < 4.78 is 23.0. The van der Waals surface area contributed by atoms with Crippen LogP contribution < -0.4 is 10.2 Å². The van der Waals surface area contributed by atoms with E-state index in [1.54, 1.807) is 6.08 Å². The van der Waals surface area contributed by atoms with Crippen LogP contribution in [0.4, 0.5) is 0 Å². The number of phosphoric ester groups is 1. The highest BCUT2D eigenvalue weighted by Crippen LogP contribution is 2.38. The molecular weight excluding hydrogens is 611 g/mol. The first-order valence-electron chi connectivity index (χ1n) is 18.9. The van der Waals surface area contributed by atoms with Crippen LogP contribution in [0.5, 0.6) is 0 Å². The number of nitrogens with zero attached hydrogens (tertiary/aromatic N) is 1. The number of phosphoric acid groups is 1. The van der Waals surface area contributed by atoms with Crippen molar-refractivity contribution in [3.63, 3.8) is 0 Å². The normalized spacial score (nSPS) is 15.1. The summed E-state index contributed by atoms with van der Waals surface area (Å²) in [7, 11) is 1.23. The molecule has 0 aromatic carbocycles. The average Bonchev–Trinajstić information content (AvgIpc) is 3.01. The first-order chi connectivity index (χ1) is 22.5. The summed E-state index contributed by atoms with van der Waals surface area (Å²) in [5.74, 6) is -0.218. The van der Waals surface area contributed by atoms with Crippen LogP contribution in [-0.4, -0.2) is 68.5 Å². The van der Waals surface area contributed by atoms with Crippen LogP contribution >= 0.6 is 7.82 Å². The summed E-state index contributed by atoms with van der Waals surface area (Å²) >= 11 is 0. The van der Waals surface area contributed by atoms with Gasteiger partial charge in [0.2, 0.25) is 5.91 Å². The molecule has 1 amide bonds. The van der Waals surface area contributed by atoms with E-state index in [1.807, 2.05) is 27.2 Å². The van der Waals surface area contributed by atoms with Gasteiger partial charge in [-0.2, -0.15) is 0 Å². The monoisotopic (exact) mass is 685 g/mol. The molecule has 8 nitrogen and oxygen atoms in total.